The van der Waals surface area contributed by atoms with Crippen molar-refractivity contribution in [1.29, 1.82) is 0 Å². The lowest BCUT2D eigenvalue weighted by Gasteiger charge is -2.12. The van der Waals surface area contributed by atoms with Gasteiger partial charge in [-0.15, -0.1) is 0 Å². The molecule has 19 heavy (non-hydrogen) atoms. The number of carbonyl (C=O) groups is 1. The van der Waals surface area contributed by atoms with Crippen LogP contribution in [0.3, 0.4) is 0 Å². The van der Waals surface area contributed by atoms with Gasteiger partial charge in [0.05, 0.1) is 12.2 Å². The summed E-state index contributed by atoms with van der Waals surface area (Å²) in [4.78, 5) is 10.9. The molecule has 0 saturated carbocycles. The lowest BCUT2D eigenvalue weighted by Crippen LogP contribution is -1.96. The van der Waals surface area contributed by atoms with Gasteiger partial charge in [-0.25, -0.2) is 4.39 Å². The Hall–Kier alpha value is -2.36. The topological polar surface area (TPSA) is 35.5 Å². The molecule has 0 spiro atoms. The molecule has 2 aromatic carbocycles. The Morgan fingerprint density at radius 2 is 1.84 bits per heavy atom. The lowest BCUT2D eigenvalue weighted by atomic mass is 10.2. The molecule has 4 heteroatoms. The van der Waals surface area contributed by atoms with Gasteiger partial charge in [-0.3, -0.25) is 4.79 Å². The van der Waals surface area contributed by atoms with Crippen molar-refractivity contribution in [2.75, 3.05) is 6.61 Å². The second-order valence-electron chi connectivity index (χ2n) is 3.78. The Kier molecular flexibility index (Phi) is 4.13. The van der Waals surface area contributed by atoms with Crippen LogP contribution < -0.4 is 9.47 Å². The zero-order valence-corrected chi connectivity index (χ0v) is 10.4. The number of carbonyl (C=O) groups excluding carboxylic acids is 1. The van der Waals surface area contributed by atoms with Crippen molar-refractivity contribution in [3.63, 3.8) is 0 Å². The summed E-state index contributed by atoms with van der Waals surface area (Å²) in [6, 6.07) is 10.9. The van der Waals surface area contributed by atoms with Crippen LogP contribution in [0.5, 0.6) is 17.2 Å². The van der Waals surface area contributed by atoms with Gasteiger partial charge in [0, 0.05) is 0 Å². The van der Waals surface area contributed by atoms with E-state index >= 15 is 0 Å². The summed E-state index contributed by atoms with van der Waals surface area (Å²) in [5.74, 6) is 0.876. The molecule has 0 unspecified atom stereocenters. The number of ether oxygens (including phenoxy) is 2. The Bertz CT molecular complexity index is 581. The maximum atomic E-state index is 13.0. The number of hydrogen-bond acceptors (Lipinski definition) is 3. The third-order valence-corrected chi connectivity index (χ3v) is 2.47. The first-order valence-corrected chi connectivity index (χ1v) is 5.89. The zero-order valence-electron chi connectivity index (χ0n) is 10.4. The molecule has 2 rings (SSSR count). The lowest BCUT2D eigenvalue weighted by molar-refractivity contribution is 0.112. The van der Waals surface area contributed by atoms with Crippen LogP contribution in [0.25, 0.3) is 0 Å². The highest BCUT2D eigenvalue weighted by molar-refractivity contribution is 5.79. The van der Waals surface area contributed by atoms with Crippen LogP contribution in [-0.2, 0) is 0 Å². The van der Waals surface area contributed by atoms with Crippen LogP contribution in [0.15, 0.2) is 42.5 Å². The highest BCUT2D eigenvalue weighted by atomic mass is 19.1. The van der Waals surface area contributed by atoms with Crippen molar-refractivity contribution in [2.45, 2.75) is 6.92 Å². The van der Waals surface area contributed by atoms with E-state index < -0.39 is 5.82 Å². The van der Waals surface area contributed by atoms with Crippen molar-refractivity contribution >= 4 is 6.29 Å². The van der Waals surface area contributed by atoms with E-state index in [0.717, 1.165) is 6.07 Å². The van der Waals surface area contributed by atoms with Gasteiger partial charge in [0.15, 0.2) is 17.8 Å². The molecule has 0 bridgehead atoms. The molecular formula is C15H13FO3. The minimum atomic E-state index is -0.479. The highest BCUT2D eigenvalue weighted by Gasteiger charge is 2.09. The summed E-state index contributed by atoms with van der Waals surface area (Å²) >= 11 is 0. The fourth-order valence-electron chi connectivity index (χ4n) is 1.63. The van der Waals surface area contributed by atoms with Crippen LogP contribution in [0, 0.1) is 5.82 Å². The fraction of sp³-hybridized carbons (Fsp3) is 0.133. The van der Waals surface area contributed by atoms with Gasteiger partial charge >= 0.3 is 0 Å². The van der Waals surface area contributed by atoms with Gasteiger partial charge in [-0.2, -0.15) is 0 Å². The minimum absolute atomic E-state index is 0.159. The molecule has 0 aromatic heterocycles. The van der Waals surface area contributed by atoms with E-state index in [9.17, 15) is 9.18 Å². The van der Waals surface area contributed by atoms with E-state index in [1.807, 2.05) is 13.0 Å². The first-order valence-electron chi connectivity index (χ1n) is 5.89. The third-order valence-electron chi connectivity index (χ3n) is 2.47. The molecule has 3 nitrogen and oxygen atoms in total. The van der Waals surface area contributed by atoms with Crippen LogP contribution in [0.1, 0.15) is 17.3 Å². The average molecular weight is 260 g/mol. The zero-order chi connectivity index (χ0) is 13.7. The van der Waals surface area contributed by atoms with Crippen LogP contribution in [-0.4, -0.2) is 12.9 Å². The molecule has 0 atom stereocenters. The van der Waals surface area contributed by atoms with Crippen molar-refractivity contribution < 1.29 is 18.7 Å². The smallest absolute Gasteiger partial charge is 0.169 e. The Labute approximate surface area is 110 Å². The summed E-state index contributed by atoms with van der Waals surface area (Å²) in [5, 5.41) is 0. The number of rotatable bonds is 5. The number of para-hydroxylation sites is 2. The fourth-order valence-corrected chi connectivity index (χ4v) is 1.63. The predicted molar refractivity (Wildman–Crippen MR) is 69.5 cm³/mol. The molecule has 98 valence electrons. The SMILES string of the molecule is CCOc1ccccc1Oc1ccc(F)cc1C=O. The van der Waals surface area contributed by atoms with E-state index in [0.29, 0.717) is 30.1 Å². The van der Waals surface area contributed by atoms with Gasteiger partial charge in [-0.05, 0) is 37.3 Å². The Balaban J connectivity index is 2.33. The quantitative estimate of drug-likeness (QED) is 0.766. The molecule has 0 aliphatic heterocycles. The van der Waals surface area contributed by atoms with E-state index in [-0.39, 0.29) is 5.56 Å². The molecule has 0 fully saturated rings. The number of benzene rings is 2. The van der Waals surface area contributed by atoms with Crippen molar-refractivity contribution in [3.8, 4) is 17.2 Å². The number of hydrogen-bond donors (Lipinski definition) is 0. The van der Waals surface area contributed by atoms with Gasteiger partial charge in [0.25, 0.3) is 0 Å². The summed E-state index contributed by atoms with van der Waals surface area (Å²) in [5.41, 5.74) is 0.159. The standard InChI is InChI=1S/C15H13FO3/c1-2-18-14-5-3-4-6-15(14)19-13-8-7-12(16)9-11(13)10-17/h3-10H,2H2,1H3. The van der Waals surface area contributed by atoms with Crippen molar-refractivity contribution in [2.24, 2.45) is 0 Å². The Morgan fingerprint density at radius 1 is 1.11 bits per heavy atom. The van der Waals surface area contributed by atoms with E-state index in [4.69, 9.17) is 9.47 Å². The van der Waals surface area contributed by atoms with E-state index in [1.165, 1.54) is 12.1 Å². The second-order valence-corrected chi connectivity index (χ2v) is 3.78. The summed E-state index contributed by atoms with van der Waals surface area (Å²) in [6.45, 7) is 2.37. The van der Waals surface area contributed by atoms with Crippen LogP contribution >= 0.6 is 0 Å². The molecule has 2 aromatic rings. The summed E-state index contributed by atoms with van der Waals surface area (Å²) < 4.78 is 24.1. The maximum absolute atomic E-state index is 13.0. The number of aldehydes is 1. The molecule has 0 aliphatic carbocycles. The molecule has 0 amide bonds. The number of halogens is 1. The Morgan fingerprint density at radius 3 is 2.53 bits per heavy atom. The van der Waals surface area contributed by atoms with Gasteiger partial charge in [0.1, 0.15) is 11.6 Å². The molecule has 0 aliphatic rings. The second kappa shape index (κ2) is 6.00. The average Bonchev–Trinajstić information content (AvgIpc) is 2.43. The molecule has 0 N–H and O–H groups in total. The molecule has 0 heterocycles. The van der Waals surface area contributed by atoms with Gasteiger partial charge in [-0.1, -0.05) is 12.1 Å². The summed E-state index contributed by atoms with van der Waals surface area (Å²) in [7, 11) is 0. The molecule has 0 radical (unpaired) electrons. The van der Waals surface area contributed by atoms with Crippen molar-refractivity contribution in [1.82, 2.24) is 0 Å². The molecule has 0 saturated heterocycles. The molecular weight excluding hydrogens is 247 g/mol. The van der Waals surface area contributed by atoms with Gasteiger partial charge < -0.3 is 9.47 Å². The van der Waals surface area contributed by atoms with Crippen LogP contribution in [0.4, 0.5) is 4.39 Å². The monoisotopic (exact) mass is 260 g/mol. The first-order chi connectivity index (χ1) is 9.24. The van der Waals surface area contributed by atoms with Crippen molar-refractivity contribution in [3.05, 3.63) is 53.8 Å². The van der Waals surface area contributed by atoms with E-state index in [2.05, 4.69) is 0 Å². The first kappa shape index (κ1) is 13.1. The normalized spacial score (nSPS) is 10.0. The van der Waals surface area contributed by atoms with Crippen LogP contribution in [0.2, 0.25) is 0 Å². The highest BCUT2D eigenvalue weighted by Crippen LogP contribution is 2.32. The van der Waals surface area contributed by atoms with Gasteiger partial charge in [0.2, 0.25) is 0 Å². The van der Waals surface area contributed by atoms with E-state index in [1.54, 1.807) is 18.2 Å². The summed E-state index contributed by atoms with van der Waals surface area (Å²) in [6.07, 6.45) is 0.557. The third kappa shape index (κ3) is 3.10. The maximum Gasteiger partial charge on any atom is 0.169 e. The predicted octanol–water partition coefficient (Wildman–Crippen LogP) is 3.83. The largest absolute Gasteiger partial charge is 0.490 e. The minimum Gasteiger partial charge on any atom is -0.490 e.